The summed E-state index contributed by atoms with van der Waals surface area (Å²) in [6.07, 6.45) is 0.432. The predicted octanol–water partition coefficient (Wildman–Crippen LogP) is 5.28. The molecule has 2 bridgehead atoms. The Bertz CT molecular complexity index is 1020. The van der Waals surface area contributed by atoms with Crippen molar-refractivity contribution in [3.8, 4) is 5.75 Å². The van der Waals surface area contributed by atoms with Crippen LogP contribution in [-0.2, 0) is 11.0 Å². The lowest BCUT2D eigenvalue weighted by Crippen LogP contribution is -2.40. The average molecular weight is 460 g/mol. The summed E-state index contributed by atoms with van der Waals surface area (Å²) in [5, 5.41) is 5.48. The third kappa shape index (κ3) is 5.49. The minimum absolute atomic E-state index is 0.0177. The Hall–Kier alpha value is -3.03. The number of amides is 2. The molecule has 4 atom stereocenters. The van der Waals surface area contributed by atoms with Gasteiger partial charge >= 0.3 is 6.18 Å². The van der Waals surface area contributed by atoms with Gasteiger partial charge in [-0.2, -0.15) is 13.2 Å². The number of benzene rings is 2. The van der Waals surface area contributed by atoms with Gasteiger partial charge in [-0.25, -0.2) is 0 Å². The molecule has 2 aliphatic rings. The normalized spacial score (nSPS) is 22.6. The number of nitrogens with one attached hydrogen (secondary N) is 2. The number of ether oxygens (including phenoxy) is 1. The number of hydrogen-bond acceptors (Lipinski definition) is 3. The van der Waals surface area contributed by atoms with E-state index in [0.29, 0.717) is 17.4 Å². The van der Waals surface area contributed by atoms with Crippen molar-refractivity contribution in [3.63, 3.8) is 0 Å². The Balaban J connectivity index is 1.34. The molecule has 2 fully saturated rings. The molecule has 2 aromatic rings. The van der Waals surface area contributed by atoms with Gasteiger partial charge in [0.2, 0.25) is 0 Å². The topological polar surface area (TPSA) is 67.4 Å². The van der Waals surface area contributed by atoms with Crippen molar-refractivity contribution < 1.29 is 27.5 Å². The van der Waals surface area contributed by atoms with E-state index in [1.807, 2.05) is 6.92 Å². The lowest BCUT2D eigenvalue weighted by Gasteiger charge is -2.28. The molecule has 0 spiro atoms. The Morgan fingerprint density at radius 3 is 2.58 bits per heavy atom. The fourth-order valence-electron chi connectivity index (χ4n) is 5.19. The summed E-state index contributed by atoms with van der Waals surface area (Å²) in [5.74, 6) is 1.30. The predicted molar refractivity (Wildman–Crippen MR) is 118 cm³/mol. The molecule has 0 radical (unpaired) electrons. The van der Waals surface area contributed by atoms with Crippen LogP contribution in [0.2, 0.25) is 0 Å². The SMILES string of the molecule is CC(NC(=O)c1ccccc1OCC(=O)Nc1cccc(C(F)(F)F)c1)C1CC2CCC1C2. The van der Waals surface area contributed by atoms with Crippen LogP contribution in [0.3, 0.4) is 0 Å². The first-order valence-electron chi connectivity index (χ1n) is 11.2. The van der Waals surface area contributed by atoms with Crippen molar-refractivity contribution >= 4 is 17.5 Å². The molecule has 2 N–H and O–H groups in total. The van der Waals surface area contributed by atoms with E-state index in [2.05, 4.69) is 10.6 Å². The van der Waals surface area contributed by atoms with Crippen molar-refractivity contribution in [2.75, 3.05) is 11.9 Å². The highest BCUT2D eigenvalue weighted by atomic mass is 19.4. The van der Waals surface area contributed by atoms with Crippen LogP contribution in [0.25, 0.3) is 0 Å². The highest BCUT2D eigenvalue weighted by Crippen LogP contribution is 2.49. The number of para-hydroxylation sites is 1. The second kappa shape index (κ2) is 9.45. The number of carbonyl (C=O) groups is 2. The summed E-state index contributed by atoms with van der Waals surface area (Å²) in [4.78, 5) is 25.1. The molecule has 4 unspecified atom stereocenters. The van der Waals surface area contributed by atoms with Gasteiger partial charge in [0, 0.05) is 11.7 Å². The van der Waals surface area contributed by atoms with Crippen molar-refractivity contribution in [3.05, 3.63) is 59.7 Å². The maximum absolute atomic E-state index is 12.9. The van der Waals surface area contributed by atoms with Crippen LogP contribution < -0.4 is 15.4 Å². The molecule has 0 aromatic heterocycles. The third-order valence-electron chi connectivity index (χ3n) is 6.76. The van der Waals surface area contributed by atoms with Gasteiger partial charge in [0.05, 0.1) is 11.1 Å². The van der Waals surface area contributed by atoms with E-state index in [1.165, 1.54) is 31.4 Å². The molecule has 4 rings (SSSR count). The molecule has 2 aromatic carbocycles. The maximum atomic E-state index is 12.9. The first-order valence-corrected chi connectivity index (χ1v) is 11.2. The molecule has 33 heavy (non-hydrogen) atoms. The fraction of sp³-hybridized carbons (Fsp3) is 0.440. The van der Waals surface area contributed by atoms with Gasteiger partial charge in [-0.05, 0) is 74.3 Å². The second-order valence-electron chi connectivity index (χ2n) is 9.01. The van der Waals surface area contributed by atoms with Crippen LogP contribution in [0.15, 0.2) is 48.5 Å². The Morgan fingerprint density at radius 1 is 1.09 bits per heavy atom. The monoisotopic (exact) mass is 460 g/mol. The van der Waals surface area contributed by atoms with Crippen molar-refractivity contribution in [2.24, 2.45) is 17.8 Å². The van der Waals surface area contributed by atoms with Crippen molar-refractivity contribution in [1.29, 1.82) is 0 Å². The standard InChI is InChI=1S/C25H27F3N2O3/c1-15(21-12-16-9-10-17(21)11-16)29-24(32)20-7-2-3-8-22(20)33-14-23(31)30-19-6-4-5-18(13-19)25(26,27)28/h2-8,13,15-17,21H,9-12,14H2,1H3,(H,29,32)(H,30,31). The number of anilines is 1. The summed E-state index contributed by atoms with van der Waals surface area (Å²) < 4.78 is 44.1. The average Bonchev–Trinajstić information content (AvgIpc) is 3.41. The Kier molecular flexibility index (Phi) is 6.63. The van der Waals surface area contributed by atoms with E-state index in [4.69, 9.17) is 4.74 Å². The van der Waals surface area contributed by atoms with Crippen LogP contribution in [0, 0.1) is 17.8 Å². The highest BCUT2D eigenvalue weighted by Gasteiger charge is 2.42. The number of alkyl halides is 3. The highest BCUT2D eigenvalue weighted by molar-refractivity contribution is 5.97. The van der Waals surface area contributed by atoms with Gasteiger partial charge < -0.3 is 15.4 Å². The largest absolute Gasteiger partial charge is 0.483 e. The van der Waals surface area contributed by atoms with Crippen molar-refractivity contribution in [2.45, 2.75) is 44.8 Å². The number of fused-ring (bicyclic) bond motifs is 2. The molecule has 2 saturated carbocycles. The van der Waals surface area contributed by atoms with E-state index in [9.17, 15) is 22.8 Å². The van der Waals surface area contributed by atoms with E-state index in [1.54, 1.807) is 24.3 Å². The minimum atomic E-state index is -4.50. The zero-order valence-corrected chi connectivity index (χ0v) is 18.3. The van der Waals surface area contributed by atoms with Gasteiger partial charge in [-0.15, -0.1) is 0 Å². The molecule has 8 heteroatoms. The first-order chi connectivity index (χ1) is 15.7. The second-order valence-corrected chi connectivity index (χ2v) is 9.01. The molecular formula is C25H27F3N2O3. The van der Waals surface area contributed by atoms with Crippen LogP contribution in [0.4, 0.5) is 18.9 Å². The van der Waals surface area contributed by atoms with Gasteiger partial charge in [-0.3, -0.25) is 9.59 Å². The Labute approximate surface area is 190 Å². The van der Waals surface area contributed by atoms with Gasteiger partial charge in [-0.1, -0.05) is 24.6 Å². The molecule has 2 aliphatic carbocycles. The van der Waals surface area contributed by atoms with E-state index in [-0.39, 0.29) is 23.4 Å². The van der Waals surface area contributed by atoms with Crippen LogP contribution >= 0.6 is 0 Å². The molecule has 176 valence electrons. The van der Waals surface area contributed by atoms with Gasteiger partial charge in [0.15, 0.2) is 6.61 Å². The zero-order valence-electron chi connectivity index (χ0n) is 18.3. The van der Waals surface area contributed by atoms with Gasteiger partial charge in [0.25, 0.3) is 11.8 Å². The molecule has 0 aliphatic heterocycles. The van der Waals surface area contributed by atoms with E-state index in [0.717, 1.165) is 24.5 Å². The summed E-state index contributed by atoms with van der Waals surface area (Å²) in [7, 11) is 0. The third-order valence-corrected chi connectivity index (χ3v) is 6.76. The number of hydrogen-bond donors (Lipinski definition) is 2. The number of rotatable bonds is 7. The minimum Gasteiger partial charge on any atom is -0.483 e. The zero-order chi connectivity index (χ0) is 23.6. The summed E-state index contributed by atoms with van der Waals surface area (Å²) in [6, 6.07) is 11.0. The van der Waals surface area contributed by atoms with Crippen LogP contribution in [0.1, 0.15) is 48.5 Å². The smallest absolute Gasteiger partial charge is 0.416 e. The Morgan fingerprint density at radius 2 is 1.88 bits per heavy atom. The maximum Gasteiger partial charge on any atom is 0.416 e. The van der Waals surface area contributed by atoms with E-state index < -0.39 is 24.3 Å². The molecule has 2 amide bonds. The molecule has 5 nitrogen and oxygen atoms in total. The fourth-order valence-corrected chi connectivity index (χ4v) is 5.19. The van der Waals surface area contributed by atoms with Gasteiger partial charge in [0.1, 0.15) is 5.75 Å². The van der Waals surface area contributed by atoms with E-state index >= 15 is 0 Å². The quantitative estimate of drug-likeness (QED) is 0.591. The number of halogens is 3. The molecular weight excluding hydrogens is 433 g/mol. The molecule has 0 saturated heterocycles. The first kappa shape index (κ1) is 23.1. The summed E-state index contributed by atoms with van der Waals surface area (Å²) in [6.45, 7) is 1.59. The number of carbonyl (C=O) groups excluding carboxylic acids is 2. The molecule has 0 heterocycles. The van der Waals surface area contributed by atoms with Crippen LogP contribution in [0.5, 0.6) is 5.75 Å². The lowest BCUT2D eigenvalue weighted by molar-refractivity contribution is -0.137. The summed E-state index contributed by atoms with van der Waals surface area (Å²) >= 11 is 0. The van der Waals surface area contributed by atoms with Crippen molar-refractivity contribution in [1.82, 2.24) is 5.32 Å². The van der Waals surface area contributed by atoms with Crippen LogP contribution in [-0.4, -0.2) is 24.5 Å². The lowest BCUT2D eigenvalue weighted by atomic mass is 9.84. The summed E-state index contributed by atoms with van der Waals surface area (Å²) in [5.41, 5.74) is -0.517.